The molecular weight excluding hydrogens is 386 g/mol. The number of hydrogen-bond donors (Lipinski definition) is 0. The van der Waals surface area contributed by atoms with Crippen molar-refractivity contribution in [1.29, 1.82) is 0 Å². The van der Waals surface area contributed by atoms with Crippen molar-refractivity contribution in [3.8, 4) is 10.7 Å². The smallest absolute Gasteiger partial charge is 0.265 e. The number of thiazole rings is 1. The van der Waals surface area contributed by atoms with Crippen molar-refractivity contribution in [3.63, 3.8) is 0 Å². The Kier molecular flexibility index (Phi) is 5.82. The van der Waals surface area contributed by atoms with Crippen LogP contribution in [0.5, 0.6) is 0 Å². The summed E-state index contributed by atoms with van der Waals surface area (Å²) in [6, 6.07) is 6.22. The maximum Gasteiger partial charge on any atom is 0.265 e. The zero-order valence-corrected chi connectivity index (χ0v) is 18.0. The van der Waals surface area contributed by atoms with Gasteiger partial charge in [-0.25, -0.2) is 4.98 Å². The highest BCUT2D eigenvalue weighted by atomic mass is 32.1. The summed E-state index contributed by atoms with van der Waals surface area (Å²) in [5.41, 5.74) is 2.61. The number of rotatable bonds is 6. The first-order valence-corrected chi connectivity index (χ1v) is 11.0. The molecule has 1 fully saturated rings. The molecular formula is C21H27N5O2S. The highest BCUT2D eigenvalue weighted by molar-refractivity contribution is 7.17. The van der Waals surface area contributed by atoms with Gasteiger partial charge < -0.3 is 19.2 Å². The number of aromatic nitrogens is 2. The molecule has 0 aliphatic carbocycles. The standard InChI is InChI=1S/C21H27N5O2S/c1-4-8-25(5-2)21(27)18-14-22-20(29-18)19-16-7-6-15(13-17(16)28-23-19)26-11-9-24(3)10-12-26/h6-7,13-14H,4-5,8-12H2,1-3H3. The Morgan fingerprint density at radius 1 is 1.24 bits per heavy atom. The van der Waals surface area contributed by atoms with Gasteiger partial charge in [0.15, 0.2) is 5.58 Å². The predicted octanol–water partition coefficient (Wildman–Crippen LogP) is 3.58. The SMILES string of the molecule is CCCN(CC)C(=O)c1cnc(-c2noc3cc(N4CCN(C)CC4)ccc23)s1. The molecule has 0 radical (unpaired) electrons. The molecule has 0 N–H and O–H groups in total. The summed E-state index contributed by atoms with van der Waals surface area (Å²) in [6.07, 6.45) is 2.59. The lowest BCUT2D eigenvalue weighted by Crippen LogP contribution is -2.44. The fourth-order valence-corrected chi connectivity index (χ4v) is 4.53. The van der Waals surface area contributed by atoms with E-state index in [0.29, 0.717) is 22.1 Å². The van der Waals surface area contributed by atoms with Crippen molar-refractivity contribution in [2.75, 3.05) is 51.2 Å². The van der Waals surface area contributed by atoms with Crippen LogP contribution in [0.4, 0.5) is 5.69 Å². The van der Waals surface area contributed by atoms with Crippen LogP contribution in [0.25, 0.3) is 21.7 Å². The van der Waals surface area contributed by atoms with Crippen LogP contribution in [-0.2, 0) is 0 Å². The molecule has 0 atom stereocenters. The quantitative estimate of drug-likeness (QED) is 0.615. The fourth-order valence-electron chi connectivity index (χ4n) is 3.65. The number of benzene rings is 1. The Morgan fingerprint density at radius 2 is 2.03 bits per heavy atom. The Morgan fingerprint density at radius 3 is 2.76 bits per heavy atom. The van der Waals surface area contributed by atoms with Crippen molar-refractivity contribution < 1.29 is 9.32 Å². The number of anilines is 1. The fraction of sp³-hybridized carbons (Fsp3) is 0.476. The first kappa shape index (κ1) is 19.8. The third-order valence-electron chi connectivity index (χ3n) is 5.41. The van der Waals surface area contributed by atoms with Crippen molar-refractivity contribution >= 4 is 33.9 Å². The number of carbonyl (C=O) groups excluding carboxylic acids is 1. The van der Waals surface area contributed by atoms with E-state index in [4.69, 9.17) is 4.52 Å². The third-order valence-corrected chi connectivity index (χ3v) is 6.40. The van der Waals surface area contributed by atoms with Crippen molar-refractivity contribution in [3.05, 3.63) is 29.3 Å². The van der Waals surface area contributed by atoms with Crippen LogP contribution in [0.3, 0.4) is 0 Å². The van der Waals surface area contributed by atoms with Gasteiger partial charge in [-0.2, -0.15) is 0 Å². The van der Waals surface area contributed by atoms with Crippen LogP contribution >= 0.6 is 11.3 Å². The molecule has 1 aliphatic rings. The van der Waals surface area contributed by atoms with E-state index in [1.807, 2.05) is 17.9 Å². The van der Waals surface area contributed by atoms with E-state index >= 15 is 0 Å². The average Bonchev–Trinajstić information content (AvgIpc) is 3.38. The first-order chi connectivity index (χ1) is 14.1. The molecule has 1 amide bonds. The van der Waals surface area contributed by atoms with E-state index < -0.39 is 0 Å². The van der Waals surface area contributed by atoms with Gasteiger partial charge in [0.1, 0.15) is 15.6 Å². The van der Waals surface area contributed by atoms with Crippen LogP contribution in [0.1, 0.15) is 29.9 Å². The molecule has 154 valence electrons. The van der Waals surface area contributed by atoms with Crippen molar-refractivity contribution in [1.82, 2.24) is 19.9 Å². The minimum atomic E-state index is 0.0308. The second kappa shape index (κ2) is 8.51. The van der Waals surface area contributed by atoms with Gasteiger partial charge in [0, 0.05) is 51.0 Å². The predicted molar refractivity (Wildman–Crippen MR) is 117 cm³/mol. The second-order valence-corrected chi connectivity index (χ2v) is 8.45. The van der Waals surface area contributed by atoms with Gasteiger partial charge in [-0.05, 0) is 32.5 Å². The summed E-state index contributed by atoms with van der Waals surface area (Å²) in [4.78, 5) is 24.4. The molecule has 0 bridgehead atoms. The maximum atomic E-state index is 12.7. The molecule has 0 spiro atoms. The number of hydrogen-bond acceptors (Lipinski definition) is 7. The Balaban J connectivity index is 1.57. The molecule has 1 aromatic carbocycles. The number of piperazine rings is 1. The minimum Gasteiger partial charge on any atom is -0.369 e. The molecule has 2 aromatic heterocycles. The molecule has 0 saturated carbocycles. The lowest BCUT2D eigenvalue weighted by molar-refractivity contribution is 0.0769. The Hall–Kier alpha value is -2.45. The Labute approximate surface area is 174 Å². The third kappa shape index (κ3) is 4.00. The molecule has 1 saturated heterocycles. The van der Waals surface area contributed by atoms with Gasteiger partial charge in [0.05, 0.1) is 11.6 Å². The van der Waals surface area contributed by atoms with E-state index in [1.165, 1.54) is 11.3 Å². The summed E-state index contributed by atoms with van der Waals surface area (Å²) in [7, 11) is 2.15. The number of likely N-dealkylation sites (N-methyl/N-ethyl adjacent to an activating group) is 1. The summed E-state index contributed by atoms with van der Waals surface area (Å²) >= 11 is 1.37. The van der Waals surface area contributed by atoms with E-state index in [2.05, 4.69) is 46.0 Å². The van der Waals surface area contributed by atoms with Crippen LogP contribution in [0, 0.1) is 0 Å². The average molecular weight is 414 g/mol. The molecule has 1 aliphatic heterocycles. The summed E-state index contributed by atoms with van der Waals surface area (Å²) in [5.74, 6) is 0.0308. The molecule has 3 heterocycles. The maximum absolute atomic E-state index is 12.7. The normalized spacial score (nSPS) is 15.2. The molecule has 7 nitrogen and oxygen atoms in total. The van der Waals surface area contributed by atoms with Gasteiger partial charge in [-0.15, -0.1) is 11.3 Å². The lowest BCUT2D eigenvalue weighted by atomic mass is 10.1. The van der Waals surface area contributed by atoms with Gasteiger partial charge >= 0.3 is 0 Å². The first-order valence-electron chi connectivity index (χ1n) is 10.2. The van der Waals surface area contributed by atoms with Gasteiger partial charge in [-0.3, -0.25) is 4.79 Å². The zero-order chi connectivity index (χ0) is 20.4. The molecule has 29 heavy (non-hydrogen) atoms. The van der Waals surface area contributed by atoms with E-state index in [9.17, 15) is 4.79 Å². The molecule has 0 unspecified atom stereocenters. The highest BCUT2D eigenvalue weighted by Crippen LogP contribution is 2.33. The zero-order valence-electron chi connectivity index (χ0n) is 17.2. The summed E-state index contributed by atoms with van der Waals surface area (Å²) < 4.78 is 5.62. The minimum absolute atomic E-state index is 0.0308. The van der Waals surface area contributed by atoms with Gasteiger partial charge in [-0.1, -0.05) is 12.1 Å². The monoisotopic (exact) mass is 413 g/mol. The number of nitrogens with zero attached hydrogens (tertiary/aromatic N) is 5. The molecule has 4 rings (SSSR count). The van der Waals surface area contributed by atoms with Crippen LogP contribution < -0.4 is 4.90 Å². The number of fused-ring (bicyclic) bond motifs is 1. The Bertz CT molecular complexity index is 990. The largest absolute Gasteiger partial charge is 0.369 e. The molecule has 3 aromatic rings. The van der Waals surface area contributed by atoms with E-state index in [1.54, 1.807) is 6.20 Å². The van der Waals surface area contributed by atoms with Gasteiger partial charge in [0.25, 0.3) is 5.91 Å². The van der Waals surface area contributed by atoms with Crippen molar-refractivity contribution in [2.45, 2.75) is 20.3 Å². The highest BCUT2D eigenvalue weighted by Gasteiger charge is 2.21. The van der Waals surface area contributed by atoms with Crippen LogP contribution in [0.2, 0.25) is 0 Å². The summed E-state index contributed by atoms with van der Waals surface area (Å²) in [6.45, 7) is 9.65. The lowest BCUT2D eigenvalue weighted by Gasteiger charge is -2.33. The van der Waals surface area contributed by atoms with E-state index in [-0.39, 0.29) is 5.91 Å². The van der Waals surface area contributed by atoms with Gasteiger partial charge in [0.2, 0.25) is 0 Å². The van der Waals surface area contributed by atoms with Crippen molar-refractivity contribution in [2.24, 2.45) is 0 Å². The van der Waals surface area contributed by atoms with Crippen LogP contribution in [0.15, 0.2) is 28.9 Å². The summed E-state index contributed by atoms with van der Waals surface area (Å²) in [5, 5.41) is 5.90. The second-order valence-electron chi connectivity index (χ2n) is 7.42. The number of amides is 1. The van der Waals surface area contributed by atoms with Crippen LogP contribution in [-0.4, -0.2) is 72.2 Å². The topological polar surface area (TPSA) is 65.7 Å². The number of carbonyl (C=O) groups is 1. The van der Waals surface area contributed by atoms with E-state index in [0.717, 1.165) is 55.8 Å². The molecule has 8 heteroatoms.